The number of para-hydroxylation sites is 1. The van der Waals surface area contributed by atoms with Crippen molar-refractivity contribution in [1.82, 2.24) is 4.98 Å². The van der Waals surface area contributed by atoms with E-state index in [0.717, 1.165) is 12.1 Å². The zero-order valence-corrected chi connectivity index (χ0v) is 14.5. The van der Waals surface area contributed by atoms with Gasteiger partial charge in [0.15, 0.2) is 6.10 Å². The Bertz CT molecular complexity index is 824. The van der Waals surface area contributed by atoms with Crippen molar-refractivity contribution in [1.29, 1.82) is 0 Å². The van der Waals surface area contributed by atoms with E-state index < -0.39 is 35.4 Å². The number of ether oxygens (including phenoxy) is 2. The summed E-state index contributed by atoms with van der Waals surface area (Å²) in [5, 5.41) is 2.13. The molecule has 1 aromatic heterocycles. The molecule has 0 aliphatic rings. The summed E-state index contributed by atoms with van der Waals surface area (Å²) in [6.07, 6.45) is -4.55. The second-order valence-corrected chi connectivity index (χ2v) is 5.37. The monoisotopic (exact) mass is 382 g/mol. The van der Waals surface area contributed by atoms with E-state index in [0.29, 0.717) is 0 Å². The molecule has 0 saturated heterocycles. The van der Waals surface area contributed by atoms with Crippen LogP contribution in [0.4, 0.5) is 18.9 Å². The van der Waals surface area contributed by atoms with E-state index in [2.05, 4.69) is 10.3 Å². The van der Waals surface area contributed by atoms with Crippen molar-refractivity contribution in [2.24, 2.45) is 0 Å². The van der Waals surface area contributed by atoms with Gasteiger partial charge in [-0.05, 0) is 38.1 Å². The van der Waals surface area contributed by atoms with Crippen LogP contribution in [0.15, 0.2) is 42.6 Å². The number of benzene rings is 1. The van der Waals surface area contributed by atoms with Gasteiger partial charge in [0, 0.05) is 6.20 Å². The average Bonchev–Trinajstić information content (AvgIpc) is 2.62. The fourth-order valence-electron chi connectivity index (χ4n) is 2.15. The lowest BCUT2D eigenvalue weighted by Gasteiger charge is -2.17. The number of esters is 1. The van der Waals surface area contributed by atoms with Crippen LogP contribution in [0.5, 0.6) is 5.88 Å². The van der Waals surface area contributed by atoms with E-state index in [4.69, 9.17) is 9.47 Å². The normalized spacial score (nSPS) is 12.2. The number of hydrogen-bond donors (Lipinski definition) is 1. The van der Waals surface area contributed by atoms with E-state index in [1.807, 2.05) is 0 Å². The molecular weight excluding hydrogens is 365 g/mol. The van der Waals surface area contributed by atoms with Gasteiger partial charge in [0.2, 0.25) is 5.88 Å². The third-order valence-electron chi connectivity index (χ3n) is 3.42. The Morgan fingerprint density at radius 2 is 1.89 bits per heavy atom. The second-order valence-electron chi connectivity index (χ2n) is 5.37. The number of carbonyl (C=O) groups excluding carboxylic acids is 2. The van der Waals surface area contributed by atoms with Gasteiger partial charge in [0.25, 0.3) is 5.91 Å². The minimum Gasteiger partial charge on any atom is -0.477 e. The zero-order chi connectivity index (χ0) is 20.0. The zero-order valence-electron chi connectivity index (χ0n) is 14.5. The lowest BCUT2D eigenvalue weighted by molar-refractivity contribution is -0.137. The number of rotatable bonds is 6. The van der Waals surface area contributed by atoms with Crippen LogP contribution in [0.3, 0.4) is 0 Å². The minimum atomic E-state index is -4.63. The lowest BCUT2D eigenvalue weighted by atomic mass is 10.1. The number of pyridine rings is 1. The maximum atomic E-state index is 13.0. The van der Waals surface area contributed by atoms with E-state index in [9.17, 15) is 22.8 Å². The molecule has 144 valence electrons. The number of nitrogens with zero attached hydrogens (tertiary/aromatic N) is 1. The van der Waals surface area contributed by atoms with Crippen LogP contribution >= 0.6 is 0 Å². The van der Waals surface area contributed by atoms with E-state index in [1.54, 1.807) is 6.92 Å². The molecule has 1 N–H and O–H groups in total. The highest BCUT2D eigenvalue weighted by molar-refractivity contribution is 5.98. The Morgan fingerprint density at radius 3 is 2.56 bits per heavy atom. The largest absolute Gasteiger partial charge is 0.477 e. The van der Waals surface area contributed by atoms with Gasteiger partial charge in [-0.3, -0.25) is 4.79 Å². The fourth-order valence-corrected chi connectivity index (χ4v) is 2.15. The number of anilines is 1. The summed E-state index contributed by atoms with van der Waals surface area (Å²) < 4.78 is 49.2. The smallest absolute Gasteiger partial charge is 0.418 e. The van der Waals surface area contributed by atoms with Gasteiger partial charge in [-0.1, -0.05) is 12.1 Å². The molecule has 0 spiro atoms. The number of halogens is 3. The number of nitrogens with one attached hydrogen (secondary N) is 1. The van der Waals surface area contributed by atoms with Crippen molar-refractivity contribution in [2.75, 3.05) is 11.9 Å². The van der Waals surface area contributed by atoms with Crippen molar-refractivity contribution in [3.8, 4) is 5.88 Å². The van der Waals surface area contributed by atoms with E-state index >= 15 is 0 Å². The van der Waals surface area contributed by atoms with Crippen molar-refractivity contribution >= 4 is 17.6 Å². The molecule has 2 rings (SSSR count). The minimum absolute atomic E-state index is 0.00897. The molecule has 0 radical (unpaired) electrons. The number of aromatic nitrogens is 1. The summed E-state index contributed by atoms with van der Waals surface area (Å²) in [5.41, 5.74) is -1.41. The molecule has 0 aliphatic carbocycles. The van der Waals surface area contributed by atoms with Gasteiger partial charge in [-0.25, -0.2) is 9.78 Å². The summed E-state index contributed by atoms with van der Waals surface area (Å²) in [7, 11) is 0. The fraction of sp³-hybridized carbons (Fsp3) is 0.278. The third-order valence-corrected chi connectivity index (χ3v) is 3.42. The Labute approximate surface area is 153 Å². The first-order chi connectivity index (χ1) is 12.7. The standard InChI is InChI=1S/C18H17F3N2O4/c1-3-26-16-12(7-6-10-22-16)17(25)27-11(2)15(24)23-14-9-5-4-8-13(14)18(19,20)21/h4-11H,3H2,1-2H3,(H,23,24). The van der Waals surface area contributed by atoms with Crippen LogP contribution in [0.2, 0.25) is 0 Å². The molecule has 27 heavy (non-hydrogen) atoms. The molecule has 1 heterocycles. The van der Waals surface area contributed by atoms with Gasteiger partial charge in [0.05, 0.1) is 17.9 Å². The highest BCUT2D eigenvalue weighted by atomic mass is 19.4. The molecule has 2 aromatic rings. The summed E-state index contributed by atoms with van der Waals surface area (Å²) in [4.78, 5) is 28.3. The van der Waals surface area contributed by atoms with E-state index in [-0.39, 0.29) is 18.1 Å². The molecule has 1 atom stereocenters. The highest BCUT2D eigenvalue weighted by Crippen LogP contribution is 2.34. The molecule has 0 fully saturated rings. The first kappa shape index (κ1) is 20.2. The van der Waals surface area contributed by atoms with Gasteiger partial charge in [-0.2, -0.15) is 13.2 Å². The van der Waals surface area contributed by atoms with Crippen molar-refractivity contribution < 1.29 is 32.2 Å². The first-order valence-corrected chi connectivity index (χ1v) is 8.00. The van der Waals surface area contributed by atoms with Crippen LogP contribution in [0.25, 0.3) is 0 Å². The van der Waals surface area contributed by atoms with Crippen LogP contribution in [0, 0.1) is 0 Å². The predicted octanol–water partition coefficient (Wildman–Crippen LogP) is 3.68. The maximum Gasteiger partial charge on any atom is 0.418 e. The molecule has 0 aliphatic heterocycles. The van der Waals surface area contributed by atoms with Crippen LogP contribution in [0.1, 0.15) is 29.8 Å². The molecule has 6 nitrogen and oxygen atoms in total. The molecular formula is C18H17F3N2O4. The lowest BCUT2D eigenvalue weighted by Crippen LogP contribution is -2.31. The van der Waals surface area contributed by atoms with Crippen LogP contribution < -0.4 is 10.1 Å². The summed E-state index contributed by atoms with van der Waals surface area (Å²) in [5.74, 6) is -1.74. The quantitative estimate of drug-likeness (QED) is 0.771. The Hall–Kier alpha value is -3.10. The van der Waals surface area contributed by atoms with Gasteiger partial charge in [-0.15, -0.1) is 0 Å². The highest BCUT2D eigenvalue weighted by Gasteiger charge is 2.34. The molecule has 0 bridgehead atoms. The number of alkyl halides is 3. The summed E-state index contributed by atoms with van der Waals surface area (Å²) >= 11 is 0. The number of amides is 1. The van der Waals surface area contributed by atoms with Gasteiger partial charge >= 0.3 is 12.1 Å². The third kappa shape index (κ3) is 5.19. The molecule has 1 unspecified atom stereocenters. The molecule has 0 saturated carbocycles. The van der Waals surface area contributed by atoms with Gasteiger partial charge in [0.1, 0.15) is 5.56 Å². The van der Waals surface area contributed by atoms with Crippen molar-refractivity contribution in [2.45, 2.75) is 26.1 Å². The Kier molecular flexibility index (Phi) is 6.38. The summed E-state index contributed by atoms with van der Waals surface area (Å²) in [6.45, 7) is 3.22. The van der Waals surface area contributed by atoms with E-state index in [1.165, 1.54) is 37.4 Å². The Morgan fingerprint density at radius 1 is 1.19 bits per heavy atom. The predicted molar refractivity (Wildman–Crippen MR) is 90.4 cm³/mol. The molecule has 1 aromatic carbocycles. The van der Waals surface area contributed by atoms with Crippen LogP contribution in [-0.2, 0) is 15.7 Å². The number of carbonyl (C=O) groups is 2. The first-order valence-electron chi connectivity index (χ1n) is 8.00. The summed E-state index contributed by atoms with van der Waals surface area (Å²) in [6, 6.07) is 7.42. The maximum absolute atomic E-state index is 13.0. The van der Waals surface area contributed by atoms with Gasteiger partial charge < -0.3 is 14.8 Å². The average molecular weight is 382 g/mol. The second kappa shape index (κ2) is 8.52. The van der Waals surface area contributed by atoms with Crippen molar-refractivity contribution in [3.05, 3.63) is 53.7 Å². The molecule has 9 heteroatoms. The van der Waals surface area contributed by atoms with Crippen molar-refractivity contribution in [3.63, 3.8) is 0 Å². The number of hydrogen-bond acceptors (Lipinski definition) is 5. The molecule has 1 amide bonds. The topological polar surface area (TPSA) is 77.5 Å². The van der Waals surface area contributed by atoms with Crippen LogP contribution in [-0.4, -0.2) is 29.6 Å². The Balaban J connectivity index is 2.10. The SMILES string of the molecule is CCOc1ncccc1C(=O)OC(C)C(=O)Nc1ccccc1C(F)(F)F.